The number of aromatic nitrogens is 3. The van der Waals surface area contributed by atoms with Gasteiger partial charge in [0, 0.05) is 12.1 Å². The van der Waals surface area contributed by atoms with Crippen molar-refractivity contribution in [1.29, 1.82) is 0 Å². The molecule has 1 N–H and O–H groups in total. The quantitative estimate of drug-likeness (QED) is 0.357. The van der Waals surface area contributed by atoms with Crippen molar-refractivity contribution in [3.8, 4) is 5.75 Å². The highest BCUT2D eigenvalue weighted by atomic mass is 16.5. The van der Waals surface area contributed by atoms with Crippen molar-refractivity contribution >= 4 is 22.8 Å². The van der Waals surface area contributed by atoms with Gasteiger partial charge in [-0.3, -0.25) is 9.59 Å². The maximum absolute atomic E-state index is 14.0. The van der Waals surface area contributed by atoms with E-state index in [1.54, 1.807) is 16.7 Å². The summed E-state index contributed by atoms with van der Waals surface area (Å²) in [5.74, 6) is 0.126. The van der Waals surface area contributed by atoms with Crippen LogP contribution < -0.4 is 10.1 Å². The summed E-state index contributed by atoms with van der Waals surface area (Å²) >= 11 is 0. The Hall–Kier alpha value is -4.20. The summed E-state index contributed by atoms with van der Waals surface area (Å²) in [6.45, 7) is 8.11. The summed E-state index contributed by atoms with van der Waals surface area (Å²) < 4.78 is 7.03. The summed E-state index contributed by atoms with van der Waals surface area (Å²) in [5, 5.41) is 11.5. The minimum atomic E-state index is -0.864. The zero-order chi connectivity index (χ0) is 27.3. The van der Waals surface area contributed by atoms with E-state index in [0.717, 1.165) is 16.6 Å². The fourth-order valence-electron chi connectivity index (χ4n) is 4.49. The van der Waals surface area contributed by atoms with Gasteiger partial charge in [0.2, 0.25) is 11.8 Å². The first-order valence-electron chi connectivity index (χ1n) is 12.7. The van der Waals surface area contributed by atoms with Crippen LogP contribution in [-0.4, -0.2) is 50.9 Å². The lowest BCUT2D eigenvalue weighted by Crippen LogP contribution is -2.50. The lowest BCUT2D eigenvalue weighted by molar-refractivity contribution is -0.142. The van der Waals surface area contributed by atoms with Gasteiger partial charge in [-0.25, -0.2) is 4.68 Å². The maximum atomic E-state index is 14.0. The van der Waals surface area contributed by atoms with Crippen LogP contribution in [0.5, 0.6) is 5.75 Å². The van der Waals surface area contributed by atoms with Crippen molar-refractivity contribution in [2.75, 3.05) is 13.7 Å². The topological polar surface area (TPSA) is 89.4 Å². The summed E-state index contributed by atoms with van der Waals surface area (Å²) in [7, 11) is 1.58. The zero-order valence-electron chi connectivity index (χ0n) is 22.6. The van der Waals surface area contributed by atoms with E-state index in [0.29, 0.717) is 29.8 Å². The number of carbonyl (C=O) groups excluding carboxylic acids is 2. The lowest BCUT2D eigenvalue weighted by atomic mass is 10.00. The zero-order valence-corrected chi connectivity index (χ0v) is 22.6. The predicted molar refractivity (Wildman–Crippen MR) is 148 cm³/mol. The van der Waals surface area contributed by atoms with Crippen LogP contribution in [0, 0.1) is 6.92 Å². The first-order chi connectivity index (χ1) is 18.1. The molecule has 0 saturated heterocycles. The second-order valence-electron chi connectivity index (χ2n) is 10.5. The number of amides is 2. The molecule has 0 aliphatic heterocycles. The third kappa shape index (κ3) is 6.56. The molecule has 4 aromatic rings. The van der Waals surface area contributed by atoms with Crippen LogP contribution in [0.4, 0.5) is 0 Å². The smallest absolute Gasteiger partial charge is 0.247 e. The van der Waals surface area contributed by atoms with Gasteiger partial charge in [-0.05, 0) is 69.5 Å². The van der Waals surface area contributed by atoms with E-state index in [1.165, 1.54) is 0 Å². The number of benzene rings is 3. The van der Waals surface area contributed by atoms with Crippen molar-refractivity contribution < 1.29 is 14.3 Å². The molecule has 3 aromatic carbocycles. The SMILES string of the molecule is COc1cccc([C@H](C(=O)NC(C)(C)C)N(CCc2cccc(C)c2)C(=O)Cn2nnc3ccccc32)c1. The molecule has 4 rings (SSSR count). The van der Waals surface area contributed by atoms with E-state index in [2.05, 4.69) is 21.7 Å². The normalized spacial score (nSPS) is 12.2. The van der Waals surface area contributed by atoms with Gasteiger partial charge in [-0.1, -0.05) is 59.3 Å². The largest absolute Gasteiger partial charge is 0.497 e. The molecule has 198 valence electrons. The number of para-hydroxylation sites is 1. The third-order valence-electron chi connectivity index (χ3n) is 6.22. The fraction of sp³-hybridized carbons (Fsp3) is 0.333. The van der Waals surface area contributed by atoms with Gasteiger partial charge in [-0.15, -0.1) is 5.10 Å². The molecule has 38 heavy (non-hydrogen) atoms. The Balaban J connectivity index is 1.74. The molecule has 1 heterocycles. The van der Waals surface area contributed by atoms with Crippen molar-refractivity contribution in [2.24, 2.45) is 0 Å². The lowest BCUT2D eigenvalue weighted by Gasteiger charge is -2.34. The number of carbonyl (C=O) groups is 2. The molecule has 8 nitrogen and oxygen atoms in total. The van der Waals surface area contributed by atoms with Gasteiger partial charge in [0.25, 0.3) is 0 Å². The first-order valence-corrected chi connectivity index (χ1v) is 12.7. The maximum Gasteiger partial charge on any atom is 0.247 e. The molecule has 0 saturated carbocycles. The second kappa shape index (κ2) is 11.5. The average Bonchev–Trinajstić information content (AvgIpc) is 3.28. The van der Waals surface area contributed by atoms with E-state index >= 15 is 0 Å². The third-order valence-corrected chi connectivity index (χ3v) is 6.22. The van der Waals surface area contributed by atoms with E-state index < -0.39 is 11.6 Å². The van der Waals surface area contributed by atoms with Gasteiger partial charge in [0.15, 0.2) is 0 Å². The minimum absolute atomic E-state index is 0.0441. The highest BCUT2D eigenvalue weighted by Gasteiger charge is 2.33. The van der Waals surface area contributed by atoms with Gasteiger partial charge >= 0.3 is 0 Å². The molecule has 0 aliphatic rings. The number of aryl methyl sites for hydroxylation is 1. The monoisotopic (exact) mass is 513 g/mol. The Morgan fingerprint density at radius 1 is 1.03 bits per heavy atom. The number of methoxy groups -OCH3 is 1. The molecule has 1 atom stereocenters. The fourth-order valence-corrected chi connectivity index (χ4v) is 4.49. The number of nitrogens with one attached hydrogen (secondary N) is 1. The van der Waals surface area contributed by atoms with Crippen LogP contribution in [0.1, 0.15) is 43.5 Å². The Morgan fingerprint density at radius 2 is 1.79 bits per heavy atom. The molecule has 0 spiro atoms. The number of ether oxygens (including phenoxy) is 1. The van der Waals surface area contributed by atoms with Crippen LogP contribution in [-0.2, 0) is 22.6 Å². The number of rotatable bonds is 9. The summed E-state index contributed by atoms with van der Waals surface area (Å²) in [4.78, 5) is 29.5. The standard InChI is InChI=1S/C30H35N5O3/c1-21-10-8-11-22(18-21)16-17-34(27(36)20-35-26-15-7-6-14-25(26)32-33-35)28(29(37)31-30(2,3)4)23-12-9-13-24(19-23)38-5/h6-15,18-19,28H,16-17,20H2,1-5H3,(H,31,37)/t28-/m1/s1. The predicted octanol–water partition coefficient (Wildman–Crippen LogP) is 4.48. The molecular formula is C30H35N5O3. The van der Waals surface area contributed by atoms with Gasteiger partial charge in [0.05, 0.1) is 12.6 Å². The molecule has 0 unspecified atom stereocenters. The molecular weight excluding hydrogens is 478 g/mol. The second-order valence-corrected chi connectivity index (χ2v) is 10.5. The Labute approximate surface area is 223 Å². The molecule has 1 aromatic heterocycles. The molecule has 8 heteroatoms. The Morgan fingerprint density at radius 3 is 2.53 bits per heavy atom. The number of nitrogens with zero attached hydrogens (tertiary/aromatic N) is 4. The van der Waals surface area contributed by atoms with Crippen LogP contribution in [0.3, 0.4) is 0 Å². The van der Waals surface area contributed by atoms with Crippen LogP contribution in [0.15, 0.2) is 72.8 Å². The Kier molecular flexibility index (Phi) is 8.10. The van der Waals surface area contributed by atoms with Gasteiger partial charge < -0.3 is 15.0 Å². The Bertz CT molecular complexity index is 1420. The number of fused-ring (bicyclic) bond motifs is 1. The molecule has 0 radical (unpaired) electrons. The van der Waals surface area contributed by atoms with E-state index in [-0.39, 0.29) is 18.4 Å². The average molecular weight is 514 g/mol. The van der Waals surface area contributed by atoms with E-state index in [9.17, 15) is 9.59 Å². The number of hydrogen-bond donors (Lipinski definition) is 1. The molecule has 0 aliphatic carbocycles. The summed E-state index contributed by atoms with van der Waals surface area (Å²) in [6.07, 6.45) is 0.592. The molecule has 0 bridgehead atoms. The summed E-state index contributed by atoms with van der Waals surface area (Å²) in [5.41, 5.74) is 3.89. The van der Waals surface area contributed by atoms with Crippen molar-refractivity contribution in [3.63, 3.8) is 0 Å². The molecule has 2 amide bonds. The van der Waals surface area contributed by atoms with Crippen molar-refractivity contribution in [3.05, 3.63) is 89.5 Å². The van der Waals surface area contributed by atoms with Gasteiger partial charge in [0.1, 0.15) is 23.9 Å². The van der Waals surface area contributed by atoms with Crippen LogP contribution >= 0.6 is 0 Å². The highest BCUT2D eigenvalue weighted by molar-refractivity contribution is 5.89. The number of hydrogen-bond acceptors (Lipinski definition) is 5. The van der Waals surface area contributed by atoms with Crippen LogP contribution in [0.2, 0.25) is 0 Å². The summed E-state index contributed by atoms with van der Waals surface area (Å²) in [6, 6.07) is 22.1. The van der Waals surface area contributed by atoms with Gasteiger partial charge in [-0.2, -0.15) is 0 Å². The van der Waals surface area contributed by atoms with Crippen LogP contribution in [0.25, 0.3) is 11.0 Å². The highest BCUT2D eigenvalue weighted by Crippen LogP contribution is 2.27. The van der Waals surface area contributed by atoms with Crippen molar-refractivity contribution in [1.82, 2.24) is 25.2 Å². The molecule has 0 fully saturated rings. The van der Waals surface area contributed by atoms with Crippen molar-refractivity contribution in [2.45, 2.75) is 52.2 Å². The minimum Gasteiger partial charge on any atom is -0.497 e. The van der Waals surface area contributed by atoms with E-state index in [4.69, 9.17) is 4.74 Å². The first kappa shape index (κ1) is 26.9. The van der Waals surface area contributed by atoms with E-state index in [1.807, 2.05) is 94.4 Å².